The second-order valence-electron chi connectivity index (χ2n) is 6.33. The van der Waals surface area contributed by atoms with Crippen LogP contribution in [-0.2, 0) is 10.0 Å². The second kappa shape index (κ2) is 6.65. The molecule has 0 unspecified atom stereocenters. The third-order valence-electron chi connectivity index (χ3n) is 4.24. The van der Waals surface area contributed by atoms with E-state index >= 15 is 0 Å². The molecule has 0 bridgehead atoms. The van der Waals surface area contributed by atoms with Crippen molar-refractivity contribution < 1.29 is 13.3 Å². The van der Waals surface area contributed by atoms with Crippen LogP contribution in [0.5, 0.6) is 0 Å². The van der Waals surface area contributed by atoms with Gasteiger partial charge in [-0.05, 0) is 57.4 Å². The molecule has 2 rings (SSSR count). The molecule has 1 fully saturated rings. The lowest BCUT2D eigenvalue weighted by molar-refractivity contribution is -0.951. The molecule has 0 saturated carbocycles. The molecular weight excluding hydrogens is 308 g/mol. The summed E-state index contributed by atoms with van der Waals surface area (Å²) in [6, 6.07) is 6.26. The fourth-order valence-corrected chi connectivity index (χ4v) is 4.09. The lowest BCUT2D eigenvalue weighted by Crippen LogP contribution is -3.20. The first-order valence-electron chi connectivity index (χ1n) is 7.42. The molecule has 0 amide bonds. The molecule has 0 radical (unpaired) electrons. The van der Waals surface area contributed by atoms with E-state index in [0.717, 1.165) is 13.1 Å². The Kier molecular flexibility index (Phi) is 5.30. The van der Waals surface area contributed by atoms with Crippen molar-refractivity contribution in [2.75, 3.05) is 19.6 Å². The Hall–Kier alpha value is -0.620. The van der Waals surface area contributed by atoms with Gasteiger partial charge in [0.15, 0.2) is 0 Å². The van der Waals surface area contributed by atoms with Gasteiger partial charge in [-0.25, -0.2) is 13.1 Å². The number of piperidine rings is 1. The summed E-state index contributed by atoms with van der Waals surface area (Å²) in [5.41, 5.74) is -0.0973. The van der Waals surface area contributed by atoms with Crippen LogP contribution in [0.4, 0.5) is 0 Å². The van der Waals surface area contributed by atoms with Gasteiger partial charge in [-0.3, -0.25) is 0 Å². The lowest BCUT2D eigenvalue weighted by atomic mass is 9.99. The third-order valence-corrected chi connectivity index (χ3v) is 5.91. The van der Waals surface area contributed by atoms with E-state index in [9.17, 15) is 8.42 Å². The van der Waals surface area contributed by atoms with Crippen molar-refractivity contribution in [3.63, 3.8) is 0 Å². The van der Waals surface area contributed by atoms with Crippen molar-refractivity contribution in [3.05, 3.63) is 29.3 Å². The third kappa shape index (κ3) is 4.42. The Morgan fingerprint density at radius 3 is 2.29 bits per heavy atom. The summed E-state index contributed by atoms with van der Waals surface area (Å²) in [5, 5.41) is 0.534. The molecule has 6 heteroatoms. The van der Waals surface area contributed by atoms with Crippen LogP contribution >= 0.6 is 11.6 Å². The Morgan fingerprint density at radius 2 is 1.71 bits per heavy atom. The SMILES string of the molecule is CC(C)(CNS(=O)(=O)c1ccc(Cl)cc1)[NH+]1CCCCC1. The number of sulfonamides is 1. The van der Waals surface area contributed by atoms with Crippen LogP contribution in [0.25, 0.3) is 0 Å². The van der Waals surface area contributed by atoms with E-state index < -0.39 is 10.0 Å². The van der Waals surface area contributed by atoms with Crippen LogP contribution in [0.15, 0.2) is 29.2 Å². The van der Waals surface area contributed by atoms with Gasteiger partial charge < -0.3 is 4.90 Å². The highest BCUT2D eigenvalue weighted by Gasteiger charge is 2.33. The summed E-state index contributed by atoms with van der Waals surface area (Å²) in [7, 11) is -3.47. The fourth-order valence-electron chi connectivity index (χ4n) is 2.75. The maximum absolute atomic E-state index is 12.3. The first-order chi connectivity index (χ1) is 9.81. The zero-order valence-corrected chi connectivity index (χ0v) is 14.2. The molecule has 2 N–H and O–H groups in total. The van der Waals surface area contributed by atoms with E-state index in [1.165, 1.54) is 36.3 Å². The van der Waals surface area contributed by atoms with E-state index in [1.807, 2.05) is 0 Å². The molecule has 4 nitrogen and oxygen atoms in total. The van der Waals surface area contributed by atoms with Crippen molar-refractivity contribution in [1.29, 1.82) is 0 Å². The summed E-state index contributed by atoms with van der Waals surface area (Å²) < 4.78 is 27.4. The number of hydrogen-bond donors (Lipinski definition) is 2. The Balaban J connectivity index is 2.01. The van der Waals surface area contributed by atoms with Gasteiger partial charge in [0.05, 0.1) is 24.5 Å². The largest absolute Gasteiger partial charge is 0.329 e. The number of quaternary nitrogens is 1. The second-order valence-corrected chi connectivity index (χ2v) is 8.53. The normalized spacial score (nSPS) is 17.9. The molecule has 0 spiro atoms. The van der Waals surface area contributed by atoms with E-state index in [2.05, 4.69) is 18.6 Å². The predicted molar refractivity (Wildman–Crippen MR) is 85.3 cm³/mol. The molecule has 0 atom stereocenters. The highest BCUT2D eigenvalue weighted by Crippen LogP contribution is 2.14. The highest BCUT2D eigenvalue weighted by atomic mass is 35.5. The van der Waals surface area contributed by atoms with Gasteiger partial charge >= 0.3 is 0 Å². The van der Waals surface area contributed by atoms with E-state index in [-0.39, 0.29) is 10.4 Å². The number of nitrogens with one attached hydrogen (secondary N) is 2. The van der Waals surface area contributed by atoms with Crippen molar-refractivity contribution in [2.24, 2.45) is 0 Å². The van der Waals surface area contributed by atoms with Crippen molar-refractivity contribution in [2.45, 2.75) is 43.5 Å². The summed E-state index contributed by atoms with van der Waals surface area (Å²) in [5.74, 6) is 0. The monoisotopic (exact) mass is 331 g/mol. The van der Waals surface area contributed by atoms with E-state index in [0.29, 0.717) is 11.6 Å². The van der Waals surface area contributed by atoms with Gasteiger partial charge in [0, 0.05) is 5.02 Å². The van der Waals surface area contributed by atoms with Crippen LogP contribution in [0.1, 0.15) is 33.1 Å². The lowest BCUT2D eigenvalue weighted by Gasteiger charge is -2.37. The molecule has 1 heterocycles. The van der Waals surface area contributed by atoms with Gasteiger partial charge in [0.2, 0.25) is 10.0 Å². The van der Waals surface area contributed by atoms with Crippen molar-refractivity contribution >= 4 is 21.6 Å². The zero-order valence-electron chi connectivity index (χ0n) is 12.7. The zero-order chi connectivity index (χ0) is 15.5. The number of likely N-dealkylation sites (tertiary alicyclic amines) is 1. The van der Waals surface area contributed by atoms with Crippen LogP contribution in [0.2, 0.25) is 5.02 Å². The van der Waals surface area contributed by atoms with Crippen LogP contribution in [0.3, 0.4) is 0 Å². The van der Waals surface area contributed by atoms with Gasteiger partial charge in [-0.1, -0.05) is 11.6 Å². The Morgan fingerprint density at radius 1 is 1.14 bits per heavy atom. The molecule has 0 aromatic heterocycles. The van der Waals surface area contributed by atoms with Gasteiger partial charge in [-0.2, -0.15) is 0 Å². The highest BCUT2D eigenvalue weighted by molar-refractivity contribution is 7.89. The fraction of sp³-hybridized carbons (Fsp3) is 0.600. The average molecular weight is 332 g/mol. The number of benzene rings is 1. The average Bonchev–Trinajstić information content (AvgIpc) is 2.47. The minimum Gasteiger partial charge on any atom is -0.329 e. The molecule has 1 aromatic rings. The molecule has 1 saturated heterocycles. The molecule has 21 heavy (non-hydrogen) atoms. The molecule has 1 aromatic carbocycles. The molecule has 1 aliphatic rings. The summed E-state index contributed by atoms with van der Waals surface area (Å²) in [6.45, 7) is 6.93. The maximum atomic E-state index is 12.3. The summed E-state index contributed by atoms with van der Waals surface area (Å²) in [6.07, 6.45) is 3.74. The molecule has 0 aliphatic carbocycles. The topological polar surface area (TPSA) is 50.6 Å². The first-order valence-corrected chi connectivity index (χ1v) is 9.28. The van der Waals surface area contributed by atoms with E-state index in [4.69, 9.17) is 11.6 Å². The summed E-state index contributed by atoms with van der Waals surface area (Å²) >= 11 is 5.79. The van der Waals surface area contributed by atoms with Gasteiger partial charge in [-0.15, -0.1) is 0 Å². The van der Waals surface area contributed by atoms with Gasteiger partial charge in [0.1, 0.15) is 5.54 Å². The van der Waals surface area contributed by atoms with Crippen LogP contribution in [-0.4, -0.2) is 33.6 Å². The minimum absolute atomic E-state index is 0.0973. The predicted octanol–water partition coefficient (Wildman–Crippen LogP) is 1.47. The molecule has 118 valence electrons. The standard InChI is InChI=1S/C15H23ClN2O2S/c1-15(2,18-10-4-3-5-11-18)12-17-21(19,20)14-8-6-13(16)7-9-14/h6-9,17H,3-5,10-12H2,1-2H3/p+1. The van der Waals surface area contributed by atoms with Crippen molar-refractivity contribution in [3.8, 4) is 0 Å². The Bertz CT molecular complexity index is 564. The smallest absolute Gasteiger partial charge is 0.240 e. The van der Waals surface area contributed by atoms with Crippen molar-refractivity contribution in [1.82, 2.24) is 4.72 Å². The minimum atomic E-state index is -3.47. The van der Waals surface area contributed by atoms with Crippen LogP contribution in [0, 0.1) is 0 Å². The molecular formula is C15H24ClN2O2S+. The Labute approximate surface area is 132 Å². The van der Waals surface area contributed by atoms with Gasteiger partial charge in [0.25, 0.3) is 0 Å². The van der Waals surface area contributed by atoms with Crippen LogP contribution < -0.4 is 9.62 Å². The maximum Gasteiger partial charge on any atom is 0.240 e. The first kappa shape index (κ1) is 16.7. The quantitative estimate of drug-likeness (QED) is 0.858. The number of halogens is 1. The summed E-state index contributed by atoms with van der Waals surface area (Å²) in [4.78, 5) is 1.74. The van der Waals surface area contributed by atoms with E-state index in [1.54, 1.807) is 12.1 Å². The number of rotatable bonds is 5. The number of hydrogen-bond acceptors (Lipinski definition) is 2. The molecule has 1 aliphatic heterocycles.